The van der Waals surface area contributed by atoms with Crippen molar-refractivity contribution in [3.63, 3.8) is 0 Å². The first kappa shape index (κ1) is 23.9. The van der Waals surface area contributed by atoms with Crippen LogP contribution in [0.15, 0.2) is 47.4 Å². The van der Waals surface area contributed by atoms with E-state index in [2.05, 4.69) is 9.62 Å². The number of hydrogen-bond donors (Lipinski definition) is 1. The topological polar surface area (TPSA) is 88.2 Å². The Morgan fingerprint density at radius 1 is 1.06 bits per heavy atom. The third kappa shape index (κ3) is 5.92. The molecular weight excluding hydrogens is 430 g/mol. The molecule has 0 bridgehead atoms. The molecule has 0 unspecified atom stereocenters. The molecule has 32 heavy (non-hydrogen) atoms. The van der Waals surface area contributed by atoms with Gasteiger partial charge in [0.05, 0.1) is 12.0 Å². The number of carbonyl (C=O) groups excluding carboxylic acids is 1. The van der Waals surface area contributed by atoms with Gasteiger partial charge >= 0.3 is 0 Å². The first-order valence-corrected chi connectivity index (χ1v) is 12.1. The van der Waals surface area contributed by atoms with E-state index in [0.29, 0.717) is 24.4 Å². The number of anilines is 1. The fourth-order valence-corrected chi connectivity index (χ4v) is 4.90. The molecule has 0 aromatic heterocycles. The molecule has 0 saturated carbocycles. The molecule has 2 aromatic rings. The Morgan fingerprint density at radius 2 is 1.72 bits per heavy atom. The third-order valence-corrected chi connectivity index (χ3v) is 6.92. The first-order valence-electron chi connectivity index (χ1n) is 10.6. The normalized spacial score (nSPS) is 14.5. The highest BCUT2D eigenvalue weighted by molar-refractivity contribution is 7.89. The lowest BCUT2D eigenvalue weighted by Gasteiger charge is -2.36. The van der Waals surface area contributed by atoms with E-state index in [-0.39, 0.29) is 23.5 Å². The van der Waals surface area contributed by atoms with Crippen molar-refractivity contribution in [3.05, 3.63) is 48.0 Å². The van der Waals surface area contributed by atoms with Crippen molar-refractivity contribution in [1.82, 2.24) is 9.62 Å². The fourth-order valence-electron chi connectivity index (χ4n) is 3.57. The predicted molar refractivity (Wildman–Crippen MR) is 124 cm³/mol. The second-order valence-electron chi connectivity index (χ2n) is 8.06. The summed E-state index contributed by atoms with van der Waals surface area (Å²) in [6, 6.07) is 12.3. The Kier molecular flexibility index (Phi) is 7.63. The summed E-state index contributed by atoms with van der Waals surface area (Å²) in [6.07, 6.45) is 0. The molecule has 0 atom stereocenters. The van der Waals surface area contributed by atoms with Crippen molar-refractivity contribution in [2.75, 3.05) is 44.8 Å². The number of methoxy groups -OCH3 is 1. The van der Waals surface area contributed by atoms with Crippen molar-refractivity contribution >= 4 is 21.6 Å². The summed E-state index contributed by atoms with van der Waals surface area (Å²) in [5, 5.41) is 0. The van der Waals surface area contributed by atoms with Crippen LogP contribution in [0, 0.1) is 6.92 Å². The SMILES string of the molecule is COc1ccc(N2CCN(C(=O)COc3ccc(S(=O)(=O)NC(C)C)cc3C)CC2)cc1. The fraction of sp³-hybridized carbons (Fsp3) is 0.435. The molecule has 1 fully saturated rings. The van der Waals surface area contributed by atoms with E-state index in [1.54, 1.807) is 44.9 Å². The van der Waals surface area contributed by atoms with Crippen molar-refractivity contribution in [2.24, 2.45) is 0 Å². The Hall–Kier alpha value is -2.78. The lowest BCUT2D eigenvalue weighted by atomic mass is 10.2. The largest absolute Gasteiger partial charge is 0.497 e. The van der Waals surface area contributed by atoms with Crippen molar-refractivity contribution in [3.8, 4) is 11.5 Å². The lowest BCUT2D eigenvalue weighted by molar-refractivity contribution is -0.133. The van der Waals surface area contributed by atoms with Crippen LogP contribution in [0.1, 0.15) is 19.4 Å². The van der Waals surface area contributed by atoms with Crippen molar-refractivity contribution in [2.45, 2.75) is 31.7 Å². The average molecular weight is 462 g/mol. The minimum Gasteiger partial charge on any atom is -0.497 e. The number of aryl methyl sites for hydroxylation is 1. The first-order chi connectivity index (χ1) is 15.2. The van der Waals surface area contributed by atoms with E-state index < -0.39 is 10.0 Å². The Bertz CT molecular complexity index is 1030. The van der Waals surface area contributed by atoms with Crippen LogP contribution in [-0.4, -0.2) is 65.2 Å². The average Bonchev–Trinajstić information content (AvgIpc) is 2.77. The highest BCUT2D eigenvalue weighted by Gasteiger charge is 2.22. The molecule has 1 amide bonds. The molecule has 1 saturated heterocycles. The molecule has 0 radical (unpaired) electrons. The Labute approximate surface area is 190 Å². The van der Waals surface area contributed by atoms with E-state index in [4.69, 9.17) is 9.47 Å². The summed E-state index contributed by atoms with van der Waals surface area (Å²) >= 11 is 0. The van der Waals surface area contributed by atoms with E-state index in [0.717, 1.165) is 24.5 Å². The van der Waals surface area contributed by atoms with E-state index in [1.165, 1.54) is 6.07 Å². The number of nitrogens with one attached hydrogen (secondary N) is 1. The molecule has 1 aliphatic heterocycles. The molecule has 2 aromatic carbocycles. The third-order valence-electron chi connectivity index (χ3n) is 5.27. The molecule has 8 nitrogen and oxygen atoms in total. The summed E-state index contributed by atoms with van der Waals surface area (Å²) in [5.41, 5.74) is 1.76. The quantitative estimate of drug-likeness (QED) is 0.650. The molecule has 1 N–H and O–H groups in total. The highest BCUT2D eigenvalue weighted by Crippen LogP contribution is 2.23. The molecule has 0 aliphatic carbocycles. The highest BCUT2D eigenvalue weighted by atomic mass is 32.2. The second kappa shape index (κ2) is 10.2. The van der Waals surface area contributed by atoms with Gasteiger partial charge in [-0.25, -0.2) is 13.1 Å². The van der Waals surface area contributed by atoms with E-state index in [9.17, 15) is 13.2 Å². The summed E-state index contributed by atoms with van der Waals surface area (Å²) in [5.74, 6) is 1.23. The van der Waals surface area contributed by atoms with E-state index in [1.807, 2.05) is 24.3 Å². The van der Waals surface area contributed by atoms with Crippen LogP contribution in [0.3, 0.4) is 0 Å². The predicted octanol–water partition coefficient (Wildman–Crippen LogP) is 2.42. The van der Waals surface area contributed by atoms with E-state index >= 15 is 0 Å². The molecule has 0 spiro atoms. The molecule has 3 rings (SSSR count). The van der Waals surface area contributed by atoms with Crippen LogP contribution < -0.4 is 19.1 Å². The van der Waals surface area contributed by atoms with Crippen molar-refractivity contribution < 1.29 is 22.7 Å². The van der Waals surface area contributed by atoms with Gasteiger partial charge in [-0.1, -0.05) is 0 Å². The maximum absolute atomic E-state index is 12.6. The van der Waals surface area contributed by atoms with Crippen LogP contribution in [0.2, 0.25) is 0 Å². The lowest BCUT2D eigenvalue weighted by Crippen LogP contribution is -2.50. The zero-order chi connectivity index (χ0) is 23.3. The number of hydrogen-bond acceptors (Lipinski definition) is 6. The van der Waals surface area contributed by atoms with Gasteiger partial charge in [-0.05, 0) is 68.8 Å². The number of nitrogens with zero attached hydrogens (tertiary/aromatic N) is 2. The zero-order valence-electron chi connectivity index (χ0n) is 19.0. The van der Waals surface area contributed by atoms with Gasteiger partial charge < -0.3 is 19.3 Å². The van der Waals surface area contributed by atoms with Gasteiger partial charge in [0, 0.05) is 37.9 Å². The van der Waals surface area contributed by atoms with Crippen LogP contribution in [0.25, 0.3) is 0 Å². The van der Waals surface area contributed by atoms with Gasteiger partial charge in [-0.3, -0.25) is 4.79 Å². The number of rotatable bonds is 8. The summed E-state index contributed by atoms with van der Waals surface area (Å²) < 4.78 is 38.1. The molecule has 174 valence electrons. The number of sulfonamides is 1. The number of amides is 1. The standard InChI is InChI=1S/C23H31N3O5S/c1-17(2)24-32(28,29)21-9-10-22(18(3)15-21)31-16-23(27)26-13-11-25(12-14-26)19-5-7-20(30-4)8-6-19/h5-10,15,17,24H,11-14,16H2,1-4H3. The van der Waals surface area contributed by atoms with Gasteiger partial charge in [0.25, 0.3) is 5.91 Å². The van der Waals surface area contributed by atoms with Gasteiger partial charge in [0.2, 0.25) is 10.0 Å². The van der Waals surface area contributed by atoms with Gasteiger partial charge in [0.1, 0.15) is 11.5 Å². The molecule has 1 heterocycles. The van der Waals surface area contributed by atoms with Crippen LogP contribution >= 0.6 is 0 Å². The van der Waals surface area contributed by atoms with Crippen LogP contribution in [0.5, 0.6) is 11.5 Å². The summed E-state index contributed by atoms with van der Waals surface area (Å²) in [6.45, 7) is 7.94. The summed E-state index contributed by atoms with van der Waals surface area (Å²) in [7, 11) is -1.93. The van der Waals surface area contributed by atoms with Crippen molar-refractivity contribution in [1.29, 1.82) is 0 Å². The Balaban J connectivity index is 1.52. The number of carbonyl (C=O) groups is 1. The minimum atomic E-state index is -3.57. The molecule has 9 heteroatoms. The second-order valence-corrected chi connectivity index (χ2v) is 9.77. The number of piperazine rings is 1. The van der Waals surface area contributed by atoms with Crippen LogP contribution in [-0.2, 0) is 14.8 Å². The maximum Gasteiger partial charge on any atom is 0.260 e. The number of benzene rings is 2. The monoisotopic (exact) mass is 461 g/mol. The molecule has 1 aliphatic rings. The van der Waals surface area contributed by atoms with Gasteiger partial charge in [-0.15, -0.1) is 0 Å². The zero-order valence-corrected chi connectivity index (χ0v) is 19.8. The summed E-state index contributed by atoms with van der Waals surface area (Å²) in [4.78, 5) is 16.8. The minimum absolute atomic E-state index is 0.0836. The Morgan fingerprint density at radius 3 is 2.28 bits per heavy atom. The van der Waals surface area contributed by atoms with Gasteiger partial charge in [0.15, 0.2) is 6.61 Å². The smallest absolute Gasteiger partial charge is 0.260 e. The molecular formula is C23H31N3O5S. The van der Waals surface area contributed by atoms with Crippen LogP contribution in [0.4, 0.5) is 5.69 Å². The maximum atomic E-state index is 12.6. The number of ether oxygens (including phenoxy) is 2. The van der Waals surface area contributed by atoms with Gasteiger partial charge in [-0.2, -0.15) is 0 Å².